The highest BCUT2D eigenvalue weighted by Crippen LogP contribution is 2.17. The number of hydrogen-bond donors (Lipinski definition) is 1. The number of ether oxygens (including phenoxy) is 1. The molecule has 0 radical (unpaired) electrons. The molecule has 0 saturated carbocycles. The van der Waals surface area contributed by atoms with Gasteiger partial charge < -0.3 is 10.1 Å². The van der Waals surface area contributed by atoms with Gasteiger partial charge >= 0.3 is 5.97 Å². The van der Waals surface area contributed by atoms with Gasteiger partial charge in [-0.25, -0.2) is 4.79 Å². The molecule has 0 aliphatic rings. The number of hydrogen-bond acceptors (Lipinski definition) is 4. The number of carbonyl (C=O) groups excluding carboxylic acids is 2. The van der Waals surface area contributed by atoms with Crippen LogP contribution < -0.4 is 5.32 Å². The molecule has 1 amide bonds. The number of benzene rings is 1. The van der Waals surface area contributed by atoms with Crippen LogP contribution in [-0.2, 0) is 11.3 Å². The van der Waals surface area contributed by atoms with Crippen LogP contribution in [0.1, 0.15) is 30.5 Å². The van der Waals surface area contributed by atoms with Crippen molar-refractivity contribution in [2.75, 3.05) is 7.11 Å². The summed E-state index contributed by atoms with van der Waals surface area (Å²) in [7, 11) is 1.32. The van der Waals surface area contributed by atoms with E-state index in [1.54, 1.807) is 12.1 Å². The second-order valence-electron chi connectivity index (χ2n) is 4.33. The van der Waals surface area contributed by atoms with E-state index in [0.29, 0.717) is 16.3 Å². The third kappa shape index (κ3) is 3.45. The molecular formula is C15H15NO3S. The molecule has 4 nitrogen and oxygen atoms in total. The van der Waals surface area contributed by atoms with E-state index in [9.17, 15) is 9.59 Å². The predicted octanol–water partition coefficient (Wildman–Crippen LogP) is 2.77. The molecule has 0 spiro atoms. The van der Waals surface area contributed by atoms with Crippen molar-refractivity contribution in [2.45, 2.75) is 13.5 Å². The molecule has 0 bridgehead atoms. The summed E-state index contributed by atoms with van der Waals surface area (Å²) in [6, 6.07) is 11.2. The maximum absolute atomic E-state index is 12.0. The lowest BCUT2D eigenvalue weighted by Crippen LogP contribution is -2.21. The van der Waals surface area contributed by atoms with Crippen molar-refractivity contribution in [3.63, 3.8) is 0 Å². The highest BCUT2D eigenvalue weighted by molar-refractivity contribution is 7.15. The van der Waals surface area contributed by atoms with Crippen LogP contribution in [0.4, 0.5) is 0 Å². The Morgan fingerprint density at radius 1 is 1.20 bits per heavy atom. The molecule has 1 aromatic heterocycles. The van der Waals surface area contributed by atoms with E-state index in [0.717, 1.165) is 22.5 Å². The summed E-state index contributed by atoms with van der Waals surface area (Å²) in [5, 5.41) is 2.83. The van der Waals surface area contributed by atoms with Crippen molar-refractivity contribution >= 4 is 23.2 Å². The van der Waals surface area contributed by atoms with Gasteiger partial charge in [-0.1, -0.05) is 29.8 Å². The van der Waals surface area contributed by atoms with Crippen LogP contribution in [0.15, 0.2) is 36.4 Å². The molecule has 0 fully saturated rings. The number of nitrogens with one attached hydrogen (secondary N) is 1. The van der Waals surface area contributed by atoms with Gasteiger partial charge in [-0.3, -0.25) is 4.79 Å². The van der Waals surface area contributed by atoms with Gasteiger partial charge in [-0.2, -0.15) is 0 Å². The first-order valence-electron chi connectivity index (χ1n) is 6.12. The Balaban J connectivity index is 1.98. The Morgan fingerprint density at radius 3 is 2.65 bits per heavy atom. The van der Waals surface area contributed by atoms with Gasteiger partial charge in [-0.15, -0.1) is 11.3 Å². The first kappa shape index (κ1) is 14.3. The molecule has 1 heterocycles. The van der Waals surface area contributed by atoms with Gasteiger partial charge in [0.05, 0.1) is 12.0 Å². The van der Waals surface area contributed by atoms with Crippen molar-refractivity contribution in [2.24, 2.45) is 0 Å². The van der Waals surface area contributed by atoms with Crippen LogP contribution in [0.3, 0.4) is 0 Å². The van der Waals surface area contributed by atoms with Crippen molar-refractivity contribution in [3.05, 3.63) is 57.3 Å². The van der Waals surface area contributed by atoms with Crippen LogP contribution in [-0.4, -0.2) is 19.0 Å². The zero-order valence-electron chi connectivity index (χ0n) is 11.3. The maximum atomic E-state index is 12.0. The number of methoxy groups -OCH3 is 1. The Labute approximate surface area is 121 Å². The van der Waals surface area contributed by atoms with E-state index in [2.05, 4.69) is 10.1 Å². The van der Waals surface area contributed by atoms with Gasteiger partial charge in [0.15, 0.2) is 0 Å². The lowest BCUT2D eigenvalue weighted by molar-refractivity contribution is 0.0606. The molecular weight excluding hydrogens is 274 g/mol. The number of amides is 1. The molecule has 5 heteroatoms. The van der Waals surface area contributed by atoms with E-state index in [1.807, 2.05) is 31.2 Å². The van der Waals surface area contributed by atoms with Crippen LogP contribution in [0.25, 0.3) is 0 Å². The van der Waals surface area contributed by atoms with E-state index >= 15 is 0 Å². The second kappa shape index (κ2) is 6.34. The van der Waals surface area contributed by atoms with Crippen LogP contribution in [0.5, 0.6) is 0 Å². The molecule has 2 aromatic rings. The molecule has 0 unspecified atom stereocenters. The summed E-state index contributed by atoms with van der Waals surface area (Å²) >= 11 is 1.13. The Bertz CT molecular complexity index is 634. The molecule has 1 N–H and O–H groups in total. The highest BCUT2D eigenvalue weighted by atomic mass is 32.1. The maximum Gasteiger partial charge on any atom is 0.348 e. The fourth-order valence-corrected chi connectivity index (χ4v) is 2.60. The van der Waals surface area contributed by atoms with Gasteiger partial charge in [0.1, 0.15) is 4.88 Å². The zero-order valence-corrected chi connectivity index (χ0v) is 12.1. The molecule has 0 saturated heterocycles. The van der Waals surface area contributed by atoms with Gasteiger partial charge in [0, 0.05) is 6.54 Å². The Morgan fingerprint density at radius 2 is 1.95 bits per heavy atom. The number of thiophene rings is 1. The van der Waals surface area contributed by atoms with Crippen molar-refractivity contribution < 1.29 is 14.3 Å². The van der Waals surface area contributed by atoms with E-state index < -0.39 is 5.97 Å². The summed E-state index contributed by atoms with van der Waals surface area (Å²) in [6.45, 7) is 2.47. The first-order valence-corrected chi connectivity index (χ1v) is 6.93. The summed E-state index contributed by atoms with van der Waals surface area (Å²) in [4.78, 5) is 24.2. The minimum Gasteiger partial charge on any atom is -0.465 e. The Kier molecular flexibility index (Phi) is 4.53. The number of aryl methyl sites for hydroxylation is 1. The smallest absolute Gasteiger partial charge is 0.348 e. The van der Waals surface area contributed by atoms with E-state index in [4.69, 9.17) is 0 Å². The predicted molar refractivity (Wildman–Crippen MR) is 78.0 cm³/mol. The summed E-state index contributed by atoms with van der Waals surface area (Å²) in [6.07, 6.45) is 0. The van der Waals surface area contributed by atoms with E-state index in [-0.39, 0.29) is 5.91 Å². The molecule has 0 atom stereocenters. The molecule has 0 aliphatic carbocycles. The summed E-state index contributed by atoms with van der Waals surface area (Å²) in [5.74, 6) is -0.612. The van der Waals surface area contributed by atoms with E-state index in [1.165, 1.54) is 7.11 Å². The largest absolute Gasteiger partial charge is 0.465 e. The summed E-state index contributed by atoms with van der Waals surface area (Å²) < 4.78 is 4.61. The fraction of sp³-hybridized carbons (Fsp3) is 0.200. The van der Waals surface area contributed by atoms with Crippen LogP contribution >= 0.6 is 11.3 Å². The molecule has 0 aliphatic heterocycles. The molecule has 2 rings (SSSR count). The third-order valence-corrected chi connectivity index (χ3v) is 3.82. The second-order valence-corrected chi connectivity index (χ2v) is 5.41. The van der Waals surface area contributed by atoms with Gasteiger partial charge in [0.25, 0.3) is 5.91 Å². The fourth-order valence-electron chi connectivity index (χ4n) is 1.76. The van der Waals surface area contributed by atoms with Crippen LogP contribution in [0, 0.1) is 6.92 Å². The molecule has 1 aromatic carbocycles. The number of esters is 1. The standard InChI is InChI=1S/C15H15NO3S/c1-10-4-3-5-11(8-10)9-16-14(17)12-6-7-13(20-12)15(18)19-2/h3-8H,9H2,1-2H3,(H,16,17). The van der Waals surface area contributed by atoms with Crippen molar-refractivity contribution in [1.82, 2.24) is 5.32 Å². The first-order chi connectivity index (χ1) is 9.60. The molecule has 104 valence electrons. The van der Waals surface area contributed by atoms with Crippen molar-refractivity contribution in [1.29, 1.82) is 0 Å². The SMILES string of the molecule is COC(=O)c1ccc(C(=O)NCc2cccc(C)c2)s1. The average Bonchev–Trinajstić information content (AvgIpc) is 2.94. The Hall–Kier alpha value is -2.14. The normalized spacial score (nSPS) is 10.1. The zero-order chi connectivity index (χ0) is 14.5. The topological polar surface area (TPSA) is 55.4 Å². The third-order valence-electron chi connectivity index (χ3n) is 2.75. The number of carbonyl (C=O) groups is 2. The number of rotatable bonds is 4. The lowest BCUT2D eigenvalue weighted by Gasteiger charge is -2.04. The molecule has 20 heavy (non-hydrogen) atoms. The van der Waals surface area contributed by atoms with Crippen LogP contribution in [0.2, 0.25) is 0 Å². The minimum absolute atomic E-state index is 0.188. The summed E-state index contributed by atoms with van der Waals surface area (Å²) in [5.41, 5.74) is 2.20. The quantitative estimate of drug-likeness (QED) is 0.881. The average molecular weight is 289 g/mol. The lowest BCUT2D eigenvalue weighted by atomic mass is 10.1. The van der Waals surface area contributed by atoms with Gasteiger partial charge in [0.2, 0.25) is 0 Å². The highest BCUT2D eigenvalue weighted by Gasteiger charge is 2.13. The van der Waals surface area contributed by atoms with Crippen molar-refractivity contribution in [3.8, 4) is 0 Å². The minimum atomic E-state index is -0.423. The monoisotopic (exact) mass is 289 g/mol. The van der Waals surface area contributed by atoms with Gasteiger partial charge in [-0.05, 0) is 24.6 Å².